The summed E-state index contributed by atoms with van der Waals surface area (Å²) in [6, 6.07) is 12.9. The molecule has 1 fully saturated rings. The van der Waals surface area contributed by atoms with Gasteiger partial charge in [0.1, 0.15) is 5.75 Å². The van der Waals surface area contributed by atoms with E-state index in [-0.39, 0.29) is 28.3 Å². The van der Waals surface area contributed by atoms with Crippen LogP contribution in [0.2, 0.25) is 10.0 Å². The number of nitrogens with zero attached hydrogens (tertiary/aromatic N) is 2. The molecule has 1 aliphatic rings. The van der Waals surface area contributed by atoms with Crippen LogP contribution in [0.1, 0.15) is 5.89 Å². The first kappa shape index (κ1) is 23.8. The number of hydrogen-bond donors (Lipinski definition) is 1. The molecular formula is C22H23Cl2N3O5S. The Hall–Kier alpha value is -2.30. The average molecular weight is 512 g/mol. The van der Waals surface area contributed by atoms with Gasteiger partial charge in [-0.1, -0.05) is 41.4 Å². The van der Waals surface area contributed by atoms with Crippen LogP contribution in [0.4, 0.5) is 5.88 Å². The molecular weight excluding hydrogens is 489 g/mol. The van der Waals surface area contributed by atoms with Crippen molar-refractivity contribution in [2.75, 3.05) is 44.7 Å². The van der Waals surface area contributed by atoms with Gasteiger partial charge < -0.3 is 19.2 Å². The highest BCUT2D eigenvalue weighted by Gasteiger charge is 2.28. The SMILES string of the molecule is O=S(=O)(c1ccccc1)c1nc(COc2ccc(Cl)cc2Cl)oc1NCCN1CCOCC1. The smallest absolute Gasteiger partial charge is 0.236 e. The molecule has 11 heteroatoms. The van der Waals surface area contributed by atoms with Crippen LogP contribution in [0.25, 0.3) is 0 Å². The number of ether oxygens (including phenoxy) is 2. The second-order valence-electron chi connectivity index (χ2n) is 7.30. The maximum Gasteiger partial charge on any atom is 0.236 e. The van der Waals surface area contributed by atoms with E-state index in [1.165, 1.54) is 12.1 Å². The van der Waals surface area contributed by atoms with Gasteiger partial charge in [-0.3, -0.25) is 4.90 Å². The van der Waals surface area contributed by atoms with E-state index in [9.17, 15) is 8.42 Å². The Morgan fingerprint density at radius 1 is 1.09 bits per heavy atom. The number of rotatable bonds is 9. The van der Waals surface area contributed by atoms with E-state index < -0.39 is 9.84 Å². The minimum absolute atomic E-state index is 0.0768. The van der Waals surface area contributed by atoms with E-state index in [1.54, 1.807) is 36.4 Å². The van der Waals surface area contributed by atoms with E-state index in [4.69, 9.17) is 37.1 Å². The standard InChI is InChI=1S/C22H23Cl2N3O5S/c23-16-6-7-19(18(24)14-16)31-15-20-26-22(33(28,29)17-4-2-1-3-5-17)21(32-20)25-8-9-27-10-12-30-13-11-27/h1-7,14,25H,8-13,15H2. The van der Waals surface area contributed by atoms with Gasteiger partial charge >= 0.3 is 0 Å². The second-order valence-corrected chi connectivity index (χ2v) is 10.0. The van der Waals surface area contributed by atoms with Gasteiger partial charge in [-0.05, 0) is 30.3 Å². The summed E-state index contributed by atoms with van der Waals surface area (Å²) >= 11 is 12.1. The summed E-state index contributed by atoms with van der Waals surface area (Å²) < 4.78 is 43.3. The van der Waals surface area contributed by atoms with Crippen molar-refractivity contribution < 1.29 is 22.3 Å². The fraction of sp³-hybridized carbons (Fsp3) is 0.318. The third kappa shape index (κ3) is 5.99. The minimum Gasteiger partial charge on any atom is -0.482 e. The van der Waals surface area contributed by atoms with Gasteiger partial charge in [0.05, 0.1) is 23.1 Å². The van der Waals surface area contributed by atoms with Gasteiger partial charge in [-0.2, -0.15) is 4.98 Å². The Morgan fingerprint density at radius 2 is 1.85 bits per heavy atom. The van der Waals surface area contributed by atoms with Crippen LogP contribution in [0.15, 0.2) is 62.9 Å². The third-order valence-corrected chi connectivity index (χ3v) is 7.22. The normalized spacial score (nSPS) is 14.8. The summed E-state index contributed by atoms with van der Waals surface area (Å²) in [5.41, 5.74) is 0. The summed E-state index contributed by atoms with van der Waals surface area (Å²) in [5, 5.41) is 3.71. The van der Waals surface area contributed by atoms with Gasteiger partial charge in [-0.15, -0.1) is 0 Å². The lowest BCUT2D eigenvalue weighted by atomic mass is 10.3. The molecule has 0 amide bonds. The summed E-state index contributed by atoms with van der Waals surface area (Å²) in [6.07, 6.45) is 0. The van der Waals surface area contributed by atoms with E-state index in [0.29, 0.717) is 42.1 Å². The molecule has 8 nitrogen and oxygen atoms in total. The van der Waals surface area contributed by atoms with Gasteiger partial charge in [0.25, 0.3) is 0 Å². The number of sulfone groups is 1. The highest BCUT2D eigenvalue weighted by Crippen LogP contribution is 2.31. The number of oxazole rings is 1. The van der Waals surface area contributed by atoms with Gasteiger partial charge in [0.2, 0.25) is 26.6 Å². The fourth-order valence-electron chi connectivity index (χ4n) is 3.30. The van der Waals surface area contributed by atoms with Crippen molar-refractivity contribution in [2.45, 2.75) is 16.5 Å². The number of halogens is 2. The van der Waals surface area contributed by atoms with E-state index in [0.717, 1.165) is 13.1 Å². The maximum absolute atomic E-state index is 13.2. The number of morpholine rings is 1. The van der Waals surface area contributed by atoms with Crippen LogP contribution in [-0.2, 0) is 21.2 Å². The first-order chi connectivity index (χ1) is 15.9. The van der Waals surface area contributed by atoms with Crippen molar-refractivity contribution >= 4 is 38.9 Å². The van der Waals surface area contributed by atoms with Crippen molar-refractivity contribution in [3.63, 3.8) is 0 Å². The van der Waals surface area contributed by atoms with Crippen molar-refractivity contribution in [3.8, 4) is 5.75 Å². The van der Waals surface area contributed by atoms with Crippen LogP contribution in [0.5, 0.6) is 5.75 Å². The molecule has 0 atom stereocenters. The molecule has 0 radical (unpaired) electrons. The van der Waals surface area contributed by atoms with Crippen molar-refractivity contribution in [1.29, 1.82) is 0 Å². The summed E-state index contributed by atoms with van der Waals surface area (Å²) in [4.78, 5) is 6.60. The number of aromatic nitrogens is 1. The van der Waals surface area contributed by atoms with E-state index in [2.05, 4.69) is 15.2 Å². The molecule has 1 aliphatic heterocycles. The number of benzene rings is 2. The predicted molar refractivity (Wildman–Crippen MR) is 125 cm³/mol. The molecule has 176 valence electrons. The molecule has 1 N–H and O–H groups in total. The molecule has 0 spiro atoms. The lowest BCUT2D eigenvalue weighted by Gasteiger charge is -2.26. The minimum atomic E-state index is -3.90. The van der Waals surface area contributed by atoms with Crippen molar-refractivity contribution in [1.82, 2.24) is 9.88 Å². The van der Waals surface area contributed by atoms with Gasteiger partial charge in [0, 0.05) is 31.2 Å². The lowest BCUT2D eigenvalue weighted by Crippen LogP contribution is -2.39. The van der Waals surface area contributed by atoms with Crippen LogP contribution in [0, 0.1) is 0 Å². The second kappa shape index (κ2) is 10.8. The molecule has 4 rings (SSSR count). The Kier molecular flexibility index (Phi) is 7.77. The monoisotopic (exact) mass is 511 g/mol. The zero-order valence-corrected chi connectivity index (χ0v) is 20.0. The molecule has 0 saturated carbocycles. The highest BCUT2D eigenvalue weighted by molar-refractivity contribution is 7.91. The quantitative estimate of drug-likeness (QED) is 0.458. The molecule has 1 aromatic heterocycles. The Bertz CT molecular complexity index is 1180. The van der Waals surface area contributed by atoms with Crippen LogP contribution >= 0.6 is 23.2 Å². The summed E-state index contributed by atoms with van der Waals surface area (Å²) in [6.45, 7) is 4.11. The molecule has 1 saturated heterocycles. The van der Waals surface area contributed by atoms with Gasteiger partial charge in [0.15, 0.2) is 6.61 Å². The first-order valence-corrected chi connectivity index (χ1v) is 12.6. The van der Waals surface area contributed by atoms with Crippen LogP contribution < -0.4 is 10.1 Å². The topological polar surface area (TPSA) is 93.9 Å². The Morgan fingerprint density at radius 3 is 2.58 bits per heavy atom. The Labute approximate surface area is 202 Å². The number of hydrogen-bond acceptors (Lipinski definition) is 8. The highest BCUT2D eigenvalue weighted by atomic mass is 35.5. The van der Waals surface area contributed by atoms with E-state index >= 15 is 0 Å². The summed E-state index contributed by atoms with van der Waals surface area (Å²) in [7, 11) is -3.90. The molecule has 3 aromatic rings. The third-order valence-electron chi connectivity index (χ3n) is 5.01. The van der Waals surface area contributed by atoms with Gasteiger partial charge in [-0.25, -0.2) is 8.42 Å². The molecule has 33 heavy (non-hydrogen) atoms. The largest absolute Gasteiger partial charge is 0.482 e. The van der Waals surface area contributed by atoms with Crippen LogP contribution in [0.3, 0.4) is 0 Å². The number of anilines is 1. The van der Waals surface area contributed by atoms with Crippen molar-refractivity contribution in [2.24, 2.45) is 0 Å². The zero-order valence-electron chi connectivity index (χ0n) is 17.7. The average Bonchev–Trinajstić information content (AvgIpc) is 3.24. The number of nitrogens with one attached hydrogen (secondary N) is 1. The fourth-order valence-corrected chi connectivity index (χ4v) is 5.08. The molecule has 0 bridgehead atoms. The maximum atomic E-state index is 13.2. The molecule has 2 heterocycles. The Balaban J connectivity index is 1.54. The summed E-state index contributed by atoms with van der Waals surface area (Å²) in [5.74, 6) is 0.561. The molecule has 0 aliphatic carbocycles. The lowest BCUT2D eigenvalue weighted by molar-refractivity contribution is 0.0398. The first-order valence-electron chi connectivity index (χ1n) is 10.3. The zero-order chi connectivity index (χ0) is 23.3. The van der Waals surface area contributed by atoms with Crippen molar-refractivity contribution in [3.05, 3.63) is 64.5 Å². The predicted octanol–water partition coefficient (Wildman–Crippen LogP) is 4.14. The molecule has 2 aromatic carbocycles. The molecule has 0 unspecified atom stereocenters. The van der Waals surface area contributed by atoms with Crippen LogP contribution in [-0.4, -0.2) is 57.7 Å². The van der Waals surface area contributed by atoms with E-state index in [1.807, 2.05) is 0 Å².